The number of nitrogens with two attached hydrogens (primary N) is 1. The fraction of sp³-hybridized carbons (Fsp3) is 0.227. The molecule has 4 rings (SSSR count). The summed E-state index contributed by atoms with van der Waals surface area (Å²) in [5.74, 6) is -0.781. The molecule has 1 saturated heterocycles. The fourth-order valence-corrected chi connectivity index (χ4v) is 4.32. The number of hydrogen-bond acceptors (Lipinski definition) is 3. The third kappa shape index (κ3) is 4.18. The number of carbonyl (C=O) groups is 3. The Labute approximate surface area is 191 Å². The summed E-state index contributed by atoms with van der Waals surface area (Å²) in [6, 6.07) is 10.1. The first-order chi connectivity index (χ1) is 15.4. The zero-order chi connectivity index (χ0) is 22.8. The van der Waals surface area contributed by atoms with Gasteiger partial charge in [-0.1, -0.05) is 30.3 Å². The van der Waals surface area contributed by atoms with Crippen molar-refractivity contribution in [2.24, 2.45) is 5.73 Å². The van der Waals surface area contributed by atoms with Crippen molar-refractivity contribution in [3.8, 4) is 0 Å². The fourth-order valence-electron chi connectivity index (χ4n) is 3.92. The first-order valence-electron chi connectivity index (χ1n) is 10.0. The summed E-state index contributed by atoms with van der Waals surface area (Å²) >= 11 is 3.13. The molecule has 8 nitrogen and oxygen atoms in total. The highest BCUT2D eigenvalue weighted by atomic mass is 79.9. The third-order valence-corrected chi connectivity index (χ3v) is 6.10. The number of likely N-dealkylation sites (tertiary alicyclic amines) is 1. The number of amides is 4. The predicted molar refractivity (Wildman–Crippen MR) is 122 cm³/mol. The third-order valence-electron chi connectivity index (χ3n) is 5.49. The molecule has 0 aliphatic carbocycles. The first-order valence-corrected chi connectivity index (χ1v) is 10.8. The van der Waals surface area contributed by atoms with Gasteiger partial charge in [-0.3, -0.25) is 9.36 Å². The number of hydrogen-bond donors (Lipinski definition) is 3. The quantitative estimate of drug-likeness (QED) is 0.505. The van der Waals surface area contributed by atoms with Crippen molar-refractivity contribution < 1.29 is 18.8 Å². The van der Waals surface area contributed by atoms with Crippen molar-refractivity contribution in [2.45, 2.75) is 25.4 Å². The molecule has 1 fully saturated rings. The predicted octanol–water partition coefficient (Wildman–Crippen LogP) is 3.78. The van der Waals surface area contributed by atoms with Gasteiger partial charge in [0, 0.05) is 30.2 Å². The van der Waals surface area contributed by atoms with Crippen LogP contribution in [-0.4, -0.2) is 40.0 Å². The smallest absolute Gasteiger partial charge is 0.323 e. The molecule has 2 aromatic carbocycles. The van der Waals surface area contributed by atoms with E-state index in [2.05, 4.69) is 26.6 Å². The molecule has 10 heteroatoms. The normalized spacial score (nSPS) is 15.7. The van der Waals surface area contributed by atoms with E-state index in [0.29, 0.717) is 46.0 Å². The molecule has 0 radical (unpaired) electrons. The lowest BCUT2D eigenvalue weighted by molar-refractivity contribution is -0.124. The summed E-state index contributed by atoms with van der Waals surface area (Å²) in [5, 5.41) is 6.17. The van der Waals surface area contributed by atoms with Crippen molar-refractivity contribution in [1.82, 2.24) is 14.8 Å². The average molecular weight is 502 g/mol. The van der Waals surface area contributed by atoms with Crippen LogP contribution in [0.3, 0.4) is 0 Å². The van der Waals surface area contributed by atoms with Crippen LogP contribution in [-0.2, 0) is 11.3 Å². The monoisotopic (exact) mass is 501 g/mol. The summed E-state index contributed by atoms with van der Waals surface area (Å²) in [6.45, 7) is 0.422. The number of fused-ring (bicyclic) bond motifs is 1. The van der Waals surface area contributed by atoms with E-state index in [1.807, 2.05) is 0 Å². The van der Waals surface area contributed by atoms with Crippen LogP contribution in [0.15, 0.2) is 53.1 Å². The topological polar surface area (TPSA) is 109 Å². The Morgan fingerprint density at radius 2 is 1.94 bits per heavy atom. The van der Waals surface area contributed by atoms with Crippen LogP contribution in [0.25, 0.3) is 10.9 Å². The lowest BCUT2D eigenvalue weighted by Gasteiger charge is -2.24. The molecule has 166 valence electrons. The molecule has 0 saturated carbocycles. The van der Waals surface area contributed by atoms with Gasteiger partial charge in [0.25, 0.3) is 0 Å². The van der Waals surface area contributed by atoms with E-state index in [0.717, 1.165) is 0 Å². The molecule has 1 aliphatic heterocycles. The largest absolute Gasteiger partial charge is 0.351 e. The summed E-state index contributed by atoms with van der Waals surface area (Å²) < 4.78 is 15.7. The minimum atomic E-state index is -0.672. The minimum absolute atomic E-state index is 0.0160. The Hall–Kier alpha value is -3.40. The van der Waals surface area contributed by atoms with Crippen LogP contribution in [0, 0.1) is 5.82 Å². The van der Waals surface area contributed by atoms with Gasteiger partial charge in [-0.25, -0.2) is 14.0 Å². The summed E-state index contributed by atoms with van der Waals surface area (Å²) in [6.07, 6.45) is 2.63. The molecule has 1 aromatic heterocycles. The van der Waals surface area contributed by atoms with Crippen molar-refractivity contribution in [2.75, 3.05) is 11.9 Å². The number of rotatable bonds is 4. The number of urea groups is 1. The van der Waals surface area contributed by atoms with Crippen molar-refractivity contribution in [3.05, 3.63) is 64.5 Å². The van der Waals surface area contributed by atoms with Crippen molar-refractivity contribution in [3.63, 3.8) is 0 Å². The van der Waals surface area contributed by atoms with Gasteiger partial charge in [-0.05, 0) is 40.9 Å². The van der Waals surface area contributed by atoms with Gasteiger partial charge in [0.1, 0.15) is 11.9 Å². The maximum atomic E-state index is 14.2. The molecule has 1 aliphatic rings. The van der Waals surface area contributed by atoms with Gasteiger partial charge in [-0.15, -0.1) is 0 Å². The SMILES string of the molecule is NC(=O)n1cc(NC(=O)N2CCC[C@H]2C(=O)NCc2cccc(Br)c2F)c2ccccc21. The molecule has 2 heterocycles. The number of benzene rings is 2. The minimum Gasteiger partial charge on any atom is -0.351 e. The number of halogens is 2. The van der Waals surface area contributed by atoms with Crippen molar-refractivity contribution in [1.29, 1.82) is 0 Å². The number of para-hydroxylation sites is 1. The first kappa shape index (κ1) is 21.8. The molecular formula is C22H21BrFN5O3. The summed E-state index contributed by atoms with van der Waals surface area (Å²) in [4.78, 5) is 38.9. The van der Waals surface area contributed by atoms with Crippen LogP contribution >= 0.6 is 15.9 Å². The second-order valence-electron chi connectivity index (χ2n) is 7.48. The van der Waals surface area contributed by atoms with E-state index in [4.69, 9.17) is 5.73 Å². The van der Waals surface area contributed by atoms with E-state index in [-0.39, 0.29) is 12.5 Å². The number of aromatic nitrogens is 1. The van der Waals surface area contributed by atoms with Crippen LogP contribution in [0.1, 0.15) is 18.4 Å². The lowest BCUT2D eigenvalue weighted by Crippen LogP contribution is -2.47. The van der Waals surface area contributed by atoms with Gasteiger partial charge in [0.2, 0.25) is 5.91 Å². The second kappa shape index (κ2) is 8.99. The van der Waals surface area contributed by atoms with E-state index in [1.54, 1.807) is 42.5 Å². The molecule has 0 spiro atoms. The van der Waals surface area contributed by atoms with Crippen LogP contribution in [0.4, 0.5) is 19.7 Å². The standard InChI is InChI=1S/C22H21BrFN5O3/c23-15-7-3-5-13(19(15)24)11-26-20(30)18-9-4-10-28(18)22(32)27-16-12-29(21(25)31)17-8-2-1-6-14(16)17/h1-3,5-8,12,18H,4,9-11H2,(H2,25,31)(H,26,30)(H,27,32)/t18-/m0/s1. The van der Waals surface area contributed by atoms with Crippen LogP contribution < -0.4 is 16.4 Å². The number of primary amides is 1. The molecule has 0 bridgehead atoms. The number of carbonyl (C=O) groups excluding carboxylic acids is 3. The maximum Gasteiger partial charge on any atom is 0.323 e. The molecule has 1 atom stereocenters. The summed E-state index contributed by atoms with van der Waals surface area (Å²) in [5.41, 5.74) is 6.77. The van der Waals surface area contributed by atoms with Gasteiger partial charge < -0.3 is 21.3 Å². The van der Waals surface area contributed by atoms with E-state index >= 15 is 0 Å². The van der Waals surface area contributed by atoms with Crippen LogP contribution in [0.2, 0.25) is 0 Å². The Morgan fingerprint density at radius 3 is 2.72 bits per heavy atom. The van der Waals surface area contributed by atoms with Crippen LogP contribution in [0.5, 0.6) is 0 Å². The summed E-state index contributed by atoms with van der Waals surface area (Å²) in [7, 11) is 0. The zero-order valence-corrected chi connectivity index (χ0v) is 18.6. The molecule has 32 heavy (non-hydrogen) atoms. The van der Waals surface area contributed by atoms with Crippen molar-refractivity contribution >= 4 is 50.5 Å². The Bertz CT molecular complexity index is 1210. The Balaban J connectivity index is 1.47. The molecule has 4 N–H and O–H groups in total. The van der Waals surface area contributed by atoms with E-state index < -0.39 is 23.9 Å². The number of anilines is 1. The maximum absolute atomic E-state index is 14.2. The highest BCUT2D eigenvalue weighted by Crippen LogP contribution is 2.27. The number of nitrogens with zero attached hydrogens (tertiary/aromatic N) is 2. The van der Waals surface area contributed by atoms with Gasteiger partial charge in [-0.2, -0.15) is 0 Å². The van der Waals surface area contributed by atoms with E-state index in [9.17, 15) is 18.8 Å². The molecular weight excluding hydrogens is 481 g/mol. The van der Waals surface area contributed by atoms with Gasteiger partial charge >= 0.3 is 12.1 Å². The zero-order valence-electron chi connectivity index (χ0n) is 17.0. The lowest BCUT2D eigenvalue weighted by atomic mass is 10.2. The molecule has 4 amide bonds. The number of nitrogens with one attached hydrogen (secondary N) is 2. The molecule has 3 aromatic rings. The van der Waals surface area contributed by atoms with E-state index in [1.165, 1.54) is 15.7 Å². The highest BCUT2D eigenvalue weighted by molar-refractivity contribution is 9.10. The second-order valence-corrected chi connectivity index (χ2v) is 8.33. The average Bonchev–Trinajstić information content (AvgIpc) is 3.40. The highest BCUT2D eigenvalue weighted by Gasteiger charge is 2.34. The van der Waals surface area contributed by atoms with Gasteiger partial charge in [0.05, 0.1) is 15.7 Å². The molecule has 0 unspecified atom stereocenters. The Kier molecular flexibility index (Phi) is 6.13. The van der Waals surface area contributed by atoms with Gasteiger partial charge in [0.15, 0.2) is 0 Å². The Morgan fingerprint density at radius 1 is 1.16 bits per heavy atom.